The molecule has 3 N–H and O–H groups in total. The predicted molar refractivity (Wildman–Crippen MR) is 69.8 cm³/mol. The Labute approximate surface area is 104 Å². The van der Waals surface area contributed by atoms with Gasteiger partial charge in [0, 0.05) is 0 Å². The van der Waals surface area contributed by atoms with Crippen molar-refractivity contribution in [1.82, 2.24) is 5.32 Å². The summed E-state index contributed by atoms with van der Waals surface area (Å²) in [5, 5.41) is 3.06. The molecule has 0 aliphatic heterocycles. The fourth-order valence-electron chi connectivity index (χ4n) is 1.48. The molecular weight excluding hydrogens is 216 g/mol. The fraction of sp³-hybridized carbons (Fsp3) is 0.692. The van der Waals surface area contributed by atoms with E-state index in [9.17, 15) is 9.59 Å². The molecule has 0 fully saturated rings. The van der Waals surface area contributed by atoms with Crippen molar-refractivity contribution < 1.29 is 9.59 Å². The smallest absolute Gasteiger partial charge is 0.149 e. The molecule has 17 heavy (non-hydrogen) atoms. The van der Waals surface area contributed by atoms with Crippen LogP contribution >= 0.6 is 0 Å². The van der Waals surface area contributed by atoms with Crippen LogP contribution < -0.4 is 11.1 Å². The summed E-state index contributed by atoms with van der Waals surface area (Å²) >= 11 is 0. The van der Waals surface area contributed by atoms with Gasteiger partial charge >= 0.3 is 0 Å². The molecule has 0 aliphatic rings. The molecule has 0 saturated heterocycles. The number of aldehydes is 1. The standard InChI is InChI=1S/C13H24N2O2/c1-11(17)13(2,15-3)9-7-5-4-6-8-12(14)10-16/h4,6,10,12,15H,5,7-9,14H2,1-3H3/b6-4-/t12-,13-/m0/s1. The maximum atomic E-state index is 11.4. The van der Waals surface area contributed by atoms with Crippen LogP contribution in [0.25, 0.3) is 0 Å². The number of allylic oxidation sites excluding steroid dienone is 1. The lowest BCUT2D eigenvalue weighted by atomic mass is 9.91. The van der Waals surface area contributed by atoms with Gasteiger partial charge in [0.25, 0.3) is 0 Å². The minimum Gasteiger partial charge on any atom is -0.321 e. The van der Waals surface area contributed by atoms with Gasteiger partial charge in [-0.15, -0.1) is 0 Å². The van der Waals surface area contributed by atoms with E-state index in [1.54, 1.807) is 14.0 Å². The van der Waals surface area contributed by atoms with Gasteiger partial charge < -0.3 is 15.8 Å². The zero-order chi connectivity index (χ0) is 13.3. The first kappa shape index (κ1) is 16.0. The minimum absolute atomic E-state index is 0.159. The molecule has 0 saturated carbocycles. The van der Waals surface area contributed by atoms with Gasteiger partial charge in [-0.2, -0.15) is 0 Å². The van der Waals surface area contributed by atoms with E-state index in [0.717, 1.165) is 25.5 Å². The van der Waals surface area contributed by atoms with Crippen LogP contribution in [0.4, 0.5) is 0 Å². The average molecular weight is 240 g/mol. The Kier molecular flexibility index (Phi) is 7.66. The summed E-state index contributed by atoms with van der Waals surface area (Å²) in [6.45, 7) is 3.52. The Hall–Kier alpha value is -1.00. The van der Waals surface area contributed by atoms with Crippen LogP contribution in [0.15, 0.2) is 12.2 Å². The van der Waals surface area contributed by atoms with Crippen molar-refractivity contribution in [2.75, 3.05) is 7.05 Å². The van der Waals surface area contributed by atoms with Gasteiger partial charge in [0.15, 0.2) is 0 Å². The molecule has 0 aromatic heterocycles. The molecule has 0 heterocycles. The highest BCUT2D eigenvalue weighted by atomic mass is 16.1. The molecule has 0 amide bonds. The maximum Gasteiger partial charge on any atom is 0.149 e. The van der Waals surface area contributed by atoms with E-state index < -0.39 is 11.6 Å². The molecule has 0 rings (SSSR count). The number of unbranched alkanes of at least 4 members (excludes halogenated alkanes) is 1. The van der Waals surface area contributed by atoms with Gasteiger partial charge in [0.1, 0.15) is 12.1 Å². The number of rotatable bonds is 9. The quantitative estimate of drug-likeness (QED) is 0.361. The third-order valence-electron chi connectivity index (χ3n) is 3.13. The summed E-state index contributed by atoms with van der Waals surface area (Å²) in [5.74, 6) is 0.159. The number of hydrogen-bond donors (Lipinski definition) is 2. The lowest BCUT2D eigenvalue weighted by Crippen LogP contribution is -2.46. The molecule has 4 heteroatoms. The van der Waals surface area contributed by atoms with Crippen molar-refractivity contribution in [2.24, 2.45) is 5.73 Å². The first-order chi connectivity index (χ1) is 7.96. The first-order valence-electron chi connectivity index (χ1n) is 6.02. The van der Waals surface area contributed by atoms with Gasteiger partial charge in [-0.05, 0) is 46.6 Å². The van der Waals surface area contributed by atoms with Gasteiger partial charge in [-0.25, -0.2) is 0 Å². The highest BCUT2D eigenvalue weighted by Crippen LogP contribution is 2.14. The number of nitrogens with two attached hydrogens (primary N) is 1. The number of Topliss-reactive ketones (excluding diaryl/α,β-unsaturated/α-hetero) is 1. The lowest BCUT2D eigenvalue weighted by molar-refractivity contribution is -0.122. The number of ketones is 1. The zero-order valence-corrected chi connectivity index (χ0v) is 11.0. The molecule has 0 bridgehead atoms. The van der Waals surface area contributed by atoms with E-state index in [1.165, 1.54) is 0 Å². The topological polar surface area (TPSA) is 72.2 Å². The number of carbonyl (C=O) groups excluding carboxylic acids is 2. The largest absolute Gasteiger partial charge is 0.321 e. The summed E-state index contributed by atoms with van der Waals surface area (Å²) in [5.41, 5.74) is 5.02. The van der Waals surface area contributed by atoms with Crippen LogP contribution in [-0.2, 0) is 9.59 Å². The summed E-state index contributed by atoms with van der Waals surface area (Å²) in [6, 6.07) is -0.397. The molecule has 0 aromatic carbocycles. The van der Waals surface area contributed by atoms with Gasteiger partial charge in [-0.1, -0.05) is 12.2 Å². The Morgan fingerprint density at radius 3 is 2.59 bits per heavy atom. The van der Waals surface area contributed by atoms with Gasteiger partial charge in [0.05, 0.1) is 11.6 Å². The highest BCUT2D eigenvalue weighted by Gasteiger charge is 2.26. The van der Waals surface area contributed by atoms with Crippen LogP contribution in [0.5, 0.6) is 0 Å². The first-order valence-corrected chi connectivity index (χ1v) is 6.02. The molecule has 98 valence electrons. The van der Waals surface area contributed by atoms with Crippen LogP contribution in [-0.4, -0.2) is 30.7 Å². The normalized spacial score (nSPS) is 16.7. The van der Waals surface area contributed by atoms with E-state index in [0.29, 0.717) is 6.42 Å². The highest BCUT2D eigenvalue weighted by molar-refractivity contribution is 5.85. The summed E-state index contributed by atoms with van der Waals surface area (Å²) in [7, 11) is 1.81. The third-order valence-corrected chi connectivity index (χ3v) is 3.13. The van der Waals surface area contributed by atoms with Crippen LogP contribution in [0, 0.1) is 0 Å². The summed E-state index contributed by atoms with van der Waals surface area (Å²) in [4.78, 5) is 21.7. The van der Waals surface area contributed by atoms with Gasteiger partial charge in [0.2, 0.25) is 0 Å². The summed E-state index contributed by atoms with van der Waals surface area (Å²) in [6.07, 6.45) is 7.91. The Morgan fingerprint density at radius 1 is 1.47 bits per heavy atom. The molecule has 2 atom stereocenters. The van der Waals surface area contributed by atoms with Crippen molar-refractivity contribution in [2.45, 2.75) is 51.1 Å². The van der Waals surface area contributed by atoms with Gasteiger partial charge in [-0.3, -0.25) is 4.79 Å². The SMILES string of the molecule is CN[C@@](C)(CCC/C=C\C[C@H](N)C=O)C(C)=O. The third kappa shape index (κ3) is 6.34. The molecule has 4 nitrogen and oxygen atoms in total. The van der Waals surface area contributed by atoms with E-state index >= 15 is 0 Å². The second-order valence-electron chi connectivity index (χ2n) is 4.54. The monoisotopic (exact) mass is 240 g/mol. The lowest BCUT2D eigenvalue weighted by Gasteiger charge is -2.25. The second kappa shape index (κ2) is 8.14. The van der Waals surface area contributed by atoms with Crippen molar-refractivity contribution >= 4 is 12.1 Å². The Bertz CT molecular complexity index is 277. The summed E-state index contributed by atoms with van der Waals surface area (Å²) < 4.78 is 0. The molecule has 0 radical (unpaired) electrons. The number of hydrogen-bond acceptors (Lipinski definition) is 4. The Morgan fingerprint density at radius 2 is 2.12 bits per heavy atom. The predicted octanol–water partition coefficient (Wildman–Crippen LogP) is 1.20. The zero-order valence-electron chi connectivity index (χ0n) is 11.0. The van der Waals surface area contributed by atoms with Crippen LogP contribution in [0.2, 0.25) is 0 Å². The fourth-order valence-corrected chi connectivity index (χ4v) is 1.48. The minimum atomic E-state index is -0.424. The van der Waals surface area contributed by atoms with Crippen LogP contribution in [0.3, 0.4) is 0 Å². The van der Waals surface area contributed by atoms with E-state index in [4.69, 9.17) is 5.73 Å². The van der Waals surface area contributed by atoms with Crippen LogP contribution in [0.1, 0.15) is 39.5 Å². The average Bonchev–Trinajstić information content (AvgIpc) is 2.32. The number of likely N-dealkylation sites (N-methyl/N-ethyl adjacent to an activating group) is 1. The second-order valence-corrected chi connectivity index (χ2v) is 4.54. The maximum absolute atomic E-state index is 11.4. The molecule has 0 unspecified atom stereocenters. The van der Waals surface area contributed by atoms with E-state index in [2.05, 4.69) is 5.32 Å². The molecular formula is C13H24N2O2. The van der Waals surface area contributed by atoms with Crippen molar-refractivity contribution in [3.8, 4) is 0 Å². The van der Waals surface area contributed by atoms with Crippen molar-refractivity contribution in [3.63, 3.8) is 0 Å². The number of nitrogens with one attached hydrogen (secondary N) is 1. The molecule has 0 spiro atoms. The van der Waals surface area contributed by atoms with Crippen molar-refractivity contribution in [1.29, 1.82) is 0 Å². The van der Waals surface area contributed by atoms with E-state index in [-0.39, 0.29) is 5.78 Å². The van der Waals surface area contributed by atoms with Crippen molar-refractivity contribution in [3.05, 3.63) is 12.2 Å². The number of carbonyl (C=O) groups is 2. The molecule has 0 aliphatic carbocycles. The van der Waals surface area contributed by atoms with E-state index in [1.807, 2.05) is 19.1 Å². The molecule has 0 aromatic rings. The Balaban J connectivity index is 3.84.